The quantitative estimate of drug-likeness (QED) is 0.784. The van der Waals surface area contributed by atoms with Gasteiger partial charge >= 0.3 is 0 Å². The largest absolute Gasteiger partial charge is 0.492 e. The van der Waals surface area contributed by atoms with E-state index in [0.717, 1.165) is 18.4 Å². The molecule has 1 aromatic rings. The highest BCUT2D eigenvalue weighted by molar-refractivity contribution is 7.90. The van der Waals surface area contributed by atoms with Crippen molar-refractivity contribution in [2.75, 3.05) is 38.2 Å². The lowest BCUT2D eigenvalue weighted by Crippen LogP contribution is -2.42. The van der Waals surface area contributed by atoms with Crippen LogP contribution in [0.5, 0.6) is 5.75 Å². The summed E-state index contributed by atoms with van der Waals surface area (Å²) in [6, 6.07) is 7.44. The van der Waals surface area contributed by atoms with Gasteiger partial charge in [-0.1, -0.05) is 12.1 Å². The minimum absolute atomic E-state index is 0.0316. The molecule has 0 aliphatic carbocycles. The summed E-state index contributed by atoms with van der Waals surface area (Å²) in [5, 5.41) is 0. The molecule has 1 unspecified atom stereocenters. The molecule has 1 aliphatic rings. The van der Waals surface area contributed by atoms with E-state index in [2.05, 4.69) is 0 Å². The molecule has 1 aromatic carbocycles. The van der Waals surface area contributed by atoms with Gasteiger partial charge in [0.25, 0.3) is 0 Å². The highest BCUT2D eigenvalue weighted by Crippen LogP contribution is 2.20. The van der Waals surface area contributed by atoms with Gasteiger partial charge in [-0.3, -0.25) is 4.79 Å². The predicted molar refractivity (Wildman–Crippen MR) is 93.7 cm³/mol. The summed E-state index contributed by atoms with van der Waals surface area (Å²) in [6.45, 7) is 2.10. The smallest absolute Gasteiger partial charge is 0.227 e. The first-order chi connectivity index (χ1) is 11.4. The molecule has 7 heteroatoms. The first kappa shape index (κ1) is 18.7. The Hall–Kier alpha value is -1.60. The number of carbonyl (C=O) groups excluding carboxylic acids is 1. The molecule has 1 amide bonds. The van der Waals surface area contributed by atoms with E-state index in [0.29, 0.717) is 38.4 Å². The fraction of sp³-hybridized carbons (Fsp3) is 0.588. The van der Waals surface area contributed by atoms with E-state index in [-0.39, 0.29) is 17.6 Å². The highest BCUT2D eigenvalue weighted by atomic mass is 32.2. The summed E-state index contributed by atoms with van der Waals surface area (Å²) in [7, 11) is -3.01. The SMILES string of the molecule is CS(=O)(=O)CC1CCCN(C(=O)Cc2cccc(OCCN)c2)C1. The van der Waals surface area contributed by atoms with Gasteiger partial charge in [0.2, 0.25) is 5.91 Å². The van der Waals surface area contributed by atoms with Crippen LogP contribution in [0.15, 0.2) is 24.3 Å². The van der Waals surface area contributed by atoms with E-state index in [1.165, 1.54) is 6.26 Å². The van der Waals surface area contributed by atoms with Crippen LogP contribution in [0.3, 0.4) is 0 Å². The molecule has 0 bridgehead atoms. The van der Waals surface area contributed by atoms with E-state index >= 15 is 0 Å². The van der Waals surface area contributed by atoms with Crippen LogP contribution >= 0.6 is 0 Å². The molecule has 0 saturated carbocycles. The second-order valence-electron chi connectivity index (χ2n) is 6.40. The van der Waals surface area contributed by atoms with E-state index in [1.807, 2.05) is 24.3 Å². The molecule has 0 aromatic heterocycles. The van der Waals surface area contributed by atoms with Gasteiger partial charge in [0.05, 0.1) is 12.2 Å². The Morgan fingerprint density at radius 1 is 1.42 bits per heavy atom. The Bertz CT molecular complexity index is 660. The molecule has 1 atom stereocenters. The van der Waals surface area contributed by atoms with Crippen molar-refractivity contribution in [3.63, 3.8) is 0 Å². The second kappa shape index (κ2) is 8.48. The molecule has 1 fully saturated rings. The summed E-state index contributed by atoms with van der Waals surface area (Å²) in [6.07, 6.45) is 3.26. The third kappa shape index (κ3) is 6.13. The zero-order valence-corrected chi connectivity index (χ0v) is 14.9. The number of amides is 1. The minimum atomic E-state index is -3.01. The van der Waals surface area contributed by atoms with Crippen molar-refractivity contribution >= 4 is 15.7 Å². The Morgan fingerprint density at radius 3 is 2.92 bits per heavy atom. The van der Waals surface area contributed by atoms with Crippen LogP contribution in [0.2, 0.25) is 0 Å². The van der Waals surface area contributed by atoms with Crippen LogP contribution in [0, 0.1) is 5.92 Å². The van der Waals surface area contributed by atoms with Gasteiger partial charge in [0.1, 0.15) is 22.2 Å². The van der Waals surface area contributed by atoms with Crippen LogP contribution in [-0.2, 0) is 21.1 Å². The van der Waals surface area contributed by atoms with Crippen molar-refractivity contribution in [1.82, 2.24) is 4.90 Å². The second-order valence-corrected chi connectivity index (χ2v) is 8.59. The third-order valence-corrected chi connectivity index (χ3v) is 5.13. The van der Waals surface area contributed by atoms with Gasteiger partial charge in [-0.05, 0) is 36.5 Å². The maximum absolute atomic E-state index is 12.5. The van der Waals surface area contributed by atoms with Gasteiger partial charge in [0.15, 0.2) is 0 Å². The van der Waals surface area contributed by atoms with Gasteiger partial charge in [0, 0.05) is 25.9 Å². The van der Waals surface area contributed by atoms with Crippen LogP contribution in [-0.4, -0.2) is 57.5 Å². The number of hydrogen-bond donors (Lipinski definition) is 1. The number of carbonyl (C=O) groups is 1. The van der Waals surface area contributed by atoms with Gasteiger partial charge in [-0.2, -0.15) is 0 Å². The minimum Gasteiger partial charge on any atom is -0.492 e. The number of hydrogen-bond acceptors (Lipinski definition) is 5. The van der Waals surface area contributed by atoms with E-state index in [4.69, 9.17) is 10.5 Å². The number of rotatable bonds is 7. The van der Waals surface area contributed by atoms with Crippen LogP contribution in [0.1, 0.15) is 18.4 Å². The summed E-state index contributed by atoms with van der Waals surface area (Å²) >= 11 is 0. The molecule has 2 rings (SSSR count). The average molecular weight is 354 g/mol. The molecule has 0 radical (unpaired) electrons. The maximum Gasteiger partial charge on any atom is 0.227 e. The first-order valence-electron chi connectivity index (χ1n) is 8.24. The number of likely N-dealkylation sites (tertiary alicyclic amines) is 1. The number of nitrogens with zero attached hydrogens (tertiary/aromatic N) is 1. The average Bonchev–Trinajstić information content (AvgIpc) is 2.52. The standard InChI is InChI=1S/C17H26N2O4S/c1-24(21,22)13-15-5-3-8-19(12-15)17(20)11-14-4-2-6-16(10-14)23-9-7-18/h2,4,6,10,15H,3,5,7-9,11-13,18H2,1H3. The van der Waals surface area contributed by atoms with Crippen LogP contribution < -0.4 is 10.5 Å². The van der Waals surface area contributed by atoms with Gasteiger partial charge < -0.3 is 15.4 Å². The fourth-order valence-electron chi connectivity index (χ4n) is 3.06. The molecule has 1 saturated heterocycles. The van der Waals surface area contributed by atoms with Crippen molar-refractivity contribution in [2.24, 2.45) is 11.7 Å². The van der Waals surface area contributed by atoms with Crippen LogP contribution in [0.4, 0.5) is 0 Å². The lowest BCUT2D eigenvalue weighted by molar-refractivity contribution is -0.132. The number of benzene rings is 1. The van der Waals surface area contributed by atoms with E-state index in [1.54, 1.807) is 4.90 Å². The molecule has 2 N–H and O–H groups in total. The number of sulfone groups is 1. The fourth-order valence-corrected chi connectivity index (χ4v) is 4.19. The summed E-state index contributed by atoms with van der Waals surface area (Å²) in [4.78, 5) is 14.3. The molecular formula is C17H26N2O4S. The zero-order valence-electron chi connectivity index (χ0n) is 14.1. The predicted octanol–water partition coefficient (Wildman–Crippen LogP) is 0.850. The molecule has 6 nitrogen and oxygen atoms in total. The Kier molecular flexibility index (Phi) is 6.62. The molecule has 24 heavy (non-hydrogen) atoms. The first-order valence-corrected chi connectivity index (χ1v) is 10.3. The lowest BCUT2D eigenvalue weighted by atomic mass is 9.99. The normalized spacial score (nSPS) is 18.4. The molecule has 1 heterocycles. The van der Waals surface area contributed by atoms with E-state index in [9.17, 15) is 13.2 Å². The van der Waals surface area contributed by atoms with Gasteiger partial charge in [-0.25, -0.2) is 8.42 Å². The highest BCUT2D eigenvalue weighted by Gasteiger charge is 2.26. The van der Waals surface area contributed by atoms with Crippen molar-refractivity contribution < 1.29 is 17.9 Å². The molecule has 134 valence electrons. The topological polar surface area (TPSA) is 89.7 Å². The molecule has 1 aliphatic heterocycles. The Balaban J connectivity index is 1.94. The zero-order chi connectivity index (χ0) is 17.6. The van der Waals surface area contributed by atoms with Crippen molar-refractivity contribution in [1.29, 1.82) is 0 Å². The Morgan fingerprint density at radius 2 is 2.21 bits per heavy atom. The summed E-state index contributed by atoms with van der Waals surface area (Å²) < 4.78 is 28.4. The lowest BCUT2D eigenvalue weighted by Gasteiger charge is -2.32. The van der Waals surface area contributed by atoms with Crippen molar-refractivity contribution in [3.05, 3.63) is 29.8 Å². The molecular weight excluding hydrogens is 328 g/mol. The number of nitrogens with two attached hydrogens (primary N) is 1. The van der Waals surface area contributed by atoms with Crippen molar-refractivity contribution in [3.8, 4) is 5.75 Å². The summed E-state index contributed by atoms with van der Waals surface area (Å²) in [5.74, 6) is 0.930. The monoisotopic (exact) mass is 354 g/mol. The molecule has 0 spiro atoms. The van der Waals surface area contributed by atoms with Crippen molar-refractivity contribution in [2.45, 2.75) is 19.3 Å². The number of ether oxygens (including phenoxy) is 1. The summed E-state index contributed by atoms with van der Waals surface area (Å²) in [5.41, 5.74) is 6.31. The number of piperidine rings is 1. The van der Waals surface area contributed by atoms with Crippen LogP contribution in [0.25, 0.3) is 0 Å². The van der Waals surface area contributed by atoms with Gasteiger partial charge in [-0.15, -0.1) is 0 Å². The maximum atomic E-state index is 12.5. The Labute approximate surface area is 143 Å². The third-order valence-electron chi connectivity index (χ3n) is 4.05. The van der Waals surface area contributed by atoms with E-state index < -0.39 is 9.84 Å².